The van der Waals surface area contributed by atoms with Gasteiger partial charge in [0.1, 0.15) is 18.2 Å². The fourth-order valence-electron chi connectivity index (χ4n) is 3.45. The van der Waals surface area contributed by atoms with Gasteiger partial charge in [-0.1, -0.05) is 23.7 Å². The lowest BCUT2D eigenvalue weighted by atomic mass is 9.91. The molecule has 8 heteroatoms. The Morgan fingerprint density at radius 3 is 2.73 bits per heavy atom. The first-order valence-electron chi connectivity index (χ1n) is 8.69. The Bertz CT molecular complexity index is 707. The molecule has 0 aliphatic carbocycles. The lowest BCUT2D eigenvalue weighted by Gasteiger charge is -2.44. The standard InChI is InChI=1S/C18H22ClN3O4/c1-10(23)16(24)20-13-6-7-22-15(9-13)17(25)21-14(18(22)26)8-11-2-4-12(19)5-3-11/h2-5,10,13-15,23H,6-9H2,1H3,(H,20,24)(H,21,25). The fourth-order valence-corrected chi connectivity index (χ4v) is 3.58. The van der Waals surface area contributed by atoms with E-state index in [1.165, 1.54) is 6.92 Å². The van der Waals surface area contributed by atoms with E-state index in [0.717, 1.165) is 5.56 Å². The summed E-state index contributed by atoms with van der Waals surface area (Å²) in [6.45, 7) is 1.79. The Labute approximate surface area is 156 Å². The number of hydrogen-bond donors (Lipinski definition) is 3. The van der Waals surface area contributed by atoms with E-state index in [1.807, 2.05) is 12.1 Å². The van der Waals surface area contributed by atoms with E-state index in [-0.39, 0.29) is 17.9 Å². The molecular weight excluding hydrogens is 358 g/mol. The molecular formula is C18H22ClN3O4. The van der Waals surface area contributed by atoms with Crippen molar-refractivity contribution < 1.29 is 19.5 Å². The van der Waals surface area contributed by atoms with Crippen LogP contribution in [-0.4, -0.2) is 58.5 Å². The average molecular weight is 380 g/mol. The molecule has 26 heavy (non-hydrogen) atoms. The highest BCUT2D eigenvalue weighted by atomic mass is 35.5. The number of benzene rings is 1. The zero-order chi connectivity index (χ0) is 18.8. The largest absolute Gasteiger partial charge is 0.384 e. The number of piperidine rings is 1. The molecule has 140 valence electrons. The van der Waals surface area contributed by atoms with Gasteiger partial charge in [0.15, 0.2) is 0 Å². The first kappa shape index (κ1) is 18.7. The molecule has 3 rings (SSSR count). The van der Waals surface area contributed by atoms with Crippen LogP contribution in [0.25, 0.3) is 0 Å². The first-order valence-corrected chi connectivity index (χ1v) is 9.06. The van der Waals surface area contributed by atoms with Crippen molar-refractivity contribution in [3.05, 3.63) is 34.9 Å². The monoisotopic (exact) mass is 379 g/mol. The lowest BCUT2D eigenvalue weighted by Crippen LogP contribution is -2.67. The topological polar surface area (TPSA) is 98.7 Å². The molecule has 2 fully saturated rings. The third kappa shape index (κ3) is 3.99. The van der Waals surface area contributed by atoms with E-state index in [0.29, 0.717) is 30.8 Å². The maximum absolute atomic E-state index is 12.8. The number of nitrogens with one attached hydrogen (secondary N) is 2. The van der Waals surface area contributed by atoms with E-state index >= 15 is 0 Å². The molecule has 2 aliphatic rings. The number of carbonyl (C=O) groups excluding carboxylic acids is 3. The van der Waals surface area contributed by atoms with Crippen molar-refractivity contribution in [3.63, 3.8) is 0 Å². The van der Waals surface area contributed by atoms with Crippen LogP contribution in [0.3, 0.4) is 0 Å². The Kier molecular flexibility index (Phi) is 5.48. The van der Waals surface area contributed by atoms with Crippen LogP contribution < -0.4 is 10.6 Å². The number of piperazine rings is 1. The Balaban J connectivity index is 1.65. The zero-order valence-corrected chi connectivity index (χ0v) is 15.2. The maximum atomic E-state index is 12.8. The molecule has 2 heterocycles. The smallest absolute Gasteiger partial charge is 0.248 e. The minimum absolute atomic E-state index is 0.107. The van der Waals surface area contributed by atoms with Crippen LogP contribution in [0.1, 0.15) is 25.3 Å². The Morgan fingerprint density at radius 1 is 1.38 bits per heavy atom. The molecule has 3 N–H and O–H groups in total. The van der Waals surface area contributed by atoms with Gasteiger partial charge < -0.3 is 20.6 Å². The molecule has 7 nitrogen and oxygen atoms in total. The fraction of sp³-hybridized carbons (Fsp3) is 0.500. The predicted molar refractivity (Wildman–Crippen MR) is 95.4 cm³/mol. The minimum Gasteiger partial charge on any atom is -0.384 e. The minimum atomic E-state index is -1.10. The van der Waals surface area contributed by atoms with Crippen molar-refractivity contribution in [2.24, 2.45) is 0 Å². The molecule has 0 saturated carbocycles. The number of carbonyl (C=O) groups is 3. The number of rotatable bonds is 4. The van der Waals surface area contributed by atoms with Gasteiger partial charge in [-0.3, -0.25) is 14.4 Å². The number of fused-ring (bicyclic) bond motifs is 1. The van der Waals surface area contributed by atoms with Gasteiger partial charge in [-0.2, -0.15) is 0 Å². The van der Waals surface area contributed by atoms with Crippen molar-refractivity contribution in [1.29, 1.82) is 0 Å². The summed E-state index contributed by atoms with van der Waals surface area (Å²) in [7, 11) is 0. The number of amides is 3. The van der Waals surface area contributed by atoms with Gasteiger partial charge in [0.2, 0.25) is 17.7 Å². The summed E-state index contributed by atoms with van der Waals surface area (Å²) in [4.78, 5) is 38.5. The van der Waals surface area contributed by atoms with E-state index in [2.05, 4.69) is 10.6 Å². The van der Waals surface area contributed by atoms with E-state index in [4.69, 9.17) is 11.6 Å². The van der Waals surface area contributed by atoms with Gasteiger partial charge in [-0.05, 0) is 37.5 Å². The second-order valence-corrected chi connectivity index (χ2v) is 7.28. The van der Waals surface area contributed by atoms with Gasteiger partial charge in [0.25, 0.3) is 0 Å². The average Bonchev–Trinajstić information content (AvgIpc) is 2.61. The van der Waals surface area contributed by atoms with Gasteiger partial charge in [-0.15, -0.1) is 0 Å². The Hall–Kier alpha value is -2.12. The molecule has 4 unspecified atom stereocenters. The van der Waals surface area contributed by atoms with Crippen molar-refractivity contribution >= 4 is 29.3 Å². The lowest BCUT2D eigenvalue weighted by molar-refractivity contribution is -0.152. The third-order valence-electron chi connectivity index (χ3n) is 4.88. The number of aliphatic hydroxyl groups excluding tert-OH is 1. The molecule has 0 aromatic heterocycles. The maximum Gasteiger partial charge on any atom is 0.248 e. The molecule has 0 bridgehead atoms. The predicted octanol–water partition coefficient (Wildman–Crippen LogP) is 0.238. The SMILES string of the molecule is CC(O)C(=O)NC1CCN2C(=O)C(Cc3ccc(Cl)cc3)NC(=O)C2C1. The highest BCUT2D eigenvalue weighted by Gasteiger charge is 2.44. The van der Waals surface area contributed by atoms with Crippen LogP contribution in [0.2, 0.25) is 5.02 Å². The second kappa shape index (κ2) is 7.63. The number of nitrogens with zero attached hydrogens (tertiary/aromatic N) is 1. The first-order chi connectivity index (χ1) is 12.3. The van der Waals surface area contributed by atoms with Crippen molar-refractivity contribution in [3.8, 4) is 0 Å². The van der Waals surface area contributed by atoms with Crippen LogP contribution in [0.15, 0.2) is 24.3 Å². The molecule has 2 saturated heterocycles. The van der Waals surface area contributed by atoms with Gasteiger partial charge >= 0.3 is 0 Å². The van der Waals surface area contributed by atoms with E-state index < -0.39 is 24.1 Å². The Morgan fingerprint density at radius 2 is 2.08 bits per heavy atom. The highest BCUT2D eigenvalue weighted by Crippen LogP contribution is 2.23. The quantitative estimate of drug-likeness (QED) is 0.697. The molecule has 0 spiro atoms. The summed E-state index contributed by atoms with van der Waals surface area (Å²) in [6, 6.07) is 5.78. The number of halogens is 1. The molecule has 1 aromatic carbocycles. The van der Waals surface area contributed by atoms with Crippen molar-refractivity contribution in [2.45, 2.75) is 50.4 Å². The van der Waals surface area contributed by atoms with Crippen molar-refractivity contribution in [1.82, 2.24) is 15.5 Å². The number of hydrogen-bond acceptors (Lipinski definition) is 4. The second-order valence-electron chi connectivity index (χ2n) is 6.85. The molecule has 2 aliphatic heterocycles. The summed E-state index contributed by atoms with van der Waals surface area (Å²) in [5, 5.41) is 15.4. The third-order valence-corrected chi connectivity index (χ3v) is 5.13. The van der Waals surface area contributed by atoms with Crippen LogP contribution in [-0.2, 0) is 20.8 Å². The van der Waals surface area contributed by atoms with Crippen LogP contribution >= 0.6 is 11.6 Å². The molecule has 4 atom stereocenters. The summed E-state index contributed by atoms with van der Waals surface area (Å²) in [5.74, 6) is -0.781. The zero-order valence-electron chi connectivity index (χ0n) is 14.4. The summed E-state index contributed by atoms with van der Waals surface area (Å²) < 4.78 is 0. The molecule has 3 amide bonds. The van der Waals surface area contributed by atoms with Crippen LogP contribution in [0.4, 0.5) is 0 Å². The highest BCUT2D eigenvalue weighted by molar-refractivity contribution is 6.30. The van der Waals surface area contributed by atoms with Gasteiger partial charge in [-0.25, -0.2) is 0 Å². The van der Waals surface area contributed by atoms with Gasteiger partial charge in [0, 0.05) is 24.0 Å². The normalized spacial score (nSPS) is 26.7. The summed E-state index contributed by atoms with van der Waals surface area (Å²) in [6.07, 6.45) is 0.219. The summed E-state index contributed by atoms with van der Waals surface area (Å²) >= 11 is 5.88. The van der Waals surface area contributed by atoms with E-state index in [9.17, 15) is 19.5 Å². The van der Waals surface area contributed by atoms with E-state index in [1.54, 1.807) is 17.0 Å². The molecule has 1 aromatic rings. The van der Waals surface area contributed by atoms with Gasteiger partial charge in [0.05, 0.1) is 0 Å². The summed E-state index contributed by atoms with van der Waals surface area (Å²) in [5.41, 5.74) is 0.922. The van der Waals surface area contributed by atoms with Crippen LogP contribution in [0, 0.1) is 0 Å². The van der Waals surface area contributed by atoms with Crippen molar-refractivity contribution in [2.75, 3.05) is 6.54 Å². The van der Waals surface area contributed by atoms with Crippen LogP contribution in [0.5, 0.6) is 0 Å². The molecule has 0 radical (unpaired) electrons. The number of aliphatic hydroxyl groups is 1.